The Hall–Kier alpha value is -0.230. The molecule has 5 heteroatoms. The molecule has 2 rings (SSSR count). The van der Waals surface area contributed by atoms with E-state index < -0.39 is 0 Å². The largest absolute Gasteiger partial charge is 0.322 e. The highest BCUT2D eigenvalue weighted by Gasteiger charge is 2.11. The highest BCUT2D eigenvalue weighted by Crippen LogP contribution is 2.32. The maximum Gasteiger partial charge on any atom is 0.110 e. The zero-order valence-corrected chi connectivity index (χ0v) is 12.2. The van der Waals surface area contributed by atoms with Gasteiger partial charge in [-0.3, -0.25) is 0 Å². The molecular weight excluding hydrogens is 304 g/mol. The van der Waals surface area contributed by atoms with Gasteiger partial charge in [0.05, 0.1) is 16.6 Å². The molecule has 2 heterocycles. The van der Waals surface area contributed by atoms with E-state index in [-0.39, 0.29) is 6.04 Å². The number of nitrogens with two attached hydrogens (primary N) is 1. The molecule has 0 aliphatic rings. The van der Waals surface area contributed by atoms with Crippen molar-refractivity contribution in [2.45, 2.75) is 25.8 Å². The summed E-state index contributed by atoms with van der Waals surface area (Å²) >= 11 is 6.81. The van der Waals surface area contributed by atoms with Crippen LogP contribution in [0.5, 0.6) is 0 Å². The van der Waals surface area contributed by atoms with Gasteiger partial charge in [0.15, 0.2) is 0 Å². The summed E-state index contributed by atoms with van der Waals surface area (Å²) in [6.45, 7) is 2.14. The molecule has 0 aliphatic heterocycles. The van der Waals surface area contributed by atoms with Gasteiger partial charge in [-0.05, 0) is 28.4 Å². The molecule has 0 saturated carbocycles. The van der Waals surface area contributed by atoms with E-state index in [0.29, 0.717) is 0 Å². The number of hydrogen-bond donors (Lipinski definition) is 1. The first-order chi connectivity index (χ1) is 7.70. The molecule has 0 aromatic carbocycles. The van der Waals surface area contributed by atoms with Crippen molar-refractivity contribution in [1.82, 2.24) is 4.98 Å². The summed E-state index contributed by atoms with van der Waals surface area (Å²) < 4.78 is 1.11. The zero-order chi connectivity index (χ0) is 11.5. The third-order valence-corrected chi connectivity index (χ3v) is 4.95. The van der Waals surface area contributed by atoms with E-state index >= 15 is 0 Å². The maximum absolute atomic E-state index is 6.04. The van der Waals surface area contributed by atoms with Crippen molar-refractivity contribution in [3.63, 3.8) is 0 Å². The SMILES string of the molecule is CCCC(N)c1nc(-c2cc(Br)cs2)cs1. The van der Waals surface area contributed by atoms with Gasteiger partial charge in [0, 0.05) is 15.2 Å². The monoisotopic (exact) mass is 316 g/mol. The number of rotatable bonds is 4. The van der Waals surface area contributed by atoms with Crippen molar-refractivity contribution in [2.24, 2.45) is 5.73 Å². The molecule has 0 radical (unpaired) electrons. The lowest BCUT2D eigenvalue weighted by Crippen LogP contribution is -2.08. The fraction of sp³-hybridized carbons (Fsp3) is 0.364. The highest BCUT2D eigenvalue weighted by atomic mass is 79.9. The first kappa shape index (κ1) is 12.2. The average molecular weight is 317 g/mol. The summed E-state index contributed by atoms with van der Waals surface area (Å²) in [5.74, 6) is 0. The number of thiazole rings is 1. The lowest BCUT2D eigenvalue weighted by atomic mass is 10.2. The topological polar surface area (TPSA) is 38.9 Å². The van der Waals surface area contributed by atoms with E-state index in [1.165, 1.54) is 4.88 Å². The third-order valence-electron chi connectivity index (χ3n) is 2.26. The van der Waals surface area contributed by atoms with E-state index in [9.17, 15) is 0 Å². The lowest BCUT2D eigenvalue weighted by Gasteiger charge is -2.04. The molecule has 0 spiro atoms. The Labute approximate surface area is 112 Å². The fourth-order valence-corrected chi connectivity index (χ4v) is 3.77. The Morgan fingerprint density at radius 3 is 2.88 bits per heavy atom. The van der Waals surface area contributed by atoms with Gasteiger partial charge < -0.3 is 5.73 Å². The molecule has 1 atom stereocenters. The molecular formula is C11H13BrN2S2. The van der Waals surface area contributed by atoms with Crippen LogP contribution < -0.4 is 5.73 Å². The van der Waals surface area contributed by atoms with Gasteiger partial charge in [0.1, 0.15) is 5.01 Å². The standard InChI is InChI=1S/C11H13BrN2S2/c1-2-3-8(13)11-14-9(6-16-11)10-4-7(12)5-15-10/h4-6,8H,2-3,13H2,1H3. The van der Waals surface area contributed by atoms with Crippen LogP contribution in [0.4, 0.5) is 0 Å². The second-order valence-electron chi connectivity index (χ2n) is 3.60. The Balaban J connectivity index is 2.19. The van der Waals surface area contributed by atoms with Gasteiger partial charge >= 0.3 is 0 Å². The number of nitrogens with zero attached hydrogens (tertiary/aromatic N) is 1. The molecule has 0 aliphatic carbocycles. The first-order valence-corrected chi connectivity index (χ1v) is 7.71. The lowest BCUT2D eigenvalue weighted by molar-refractivity contribution is 0.635. The molecule has 0 bridgehead atoms. The van der Waals surface area contributed by atoms with Crippen LogP contribution in [0.1, 0.15) is 30.8 Å². The molecule has 0 saturated heterocycles. The minimum absolute atomic E-state index is 0.0900. The fourth-order valence-electron chi connectivity index (χ4n) is 1.45. The Morgan fingerprint density at radius 2 is 2.25 bits per heavy atom. The Kier molecular flexibility index (Phi) is 4.13. The minimum atomic E-state index is 0.0900. The first-order valence-electron chi connectivity index (χ1n) is 5.16. The van der Waals surface area contributed by atoms with Crippen molar-refractivity contribution < 1.29 is 0 Å². The second kappa shape index (κ2) is 5.40. The number of thiophene rings is 1. The van der Waals surface area contributed by atoms with Crippen molar-refractivity contribution in [1.29, 1.82) is 0 Å². The van der Waals surface area contributed by atoms with Gasteiger partial charge in [-0.1, -0.05) is 13.3 Å². The quantitative estimate of drug-likeness (QED) is 0.906. The molecule has 2 nitrogen and oxygen atoms in total. The number of aromatic nitrogens is 1. The van der Waals surface area contributed by atoms with Crippen LogP contribution in [-0.2, 0) is 0 Å². The molecule has 0 fully saturated rings. The average Bonchev–Trinajstić information content (AvgIpc) is 2.85. The van der Waals surface area contributed by atoms with Gasteiger partial charge in [0.2, 0.25) is 0 Å². The van der Waals surface area contributed by atoms with Crippen LogP contribution in [0.15, 0.2) is 21.3 Å². The maximum atomic E-state index is 6.04. The van der Waals surface area contributed by atoms with Gasteiger partial charge in [-0.2, -0.15) is 0 Å². The van der Waals surface area contributed by atoms with Crippen molar-refractivity contribution in [2.75, 3.05) is 0 Å². The predicted molar refractivity (Wildman–Crippen MR) is 75.0 cm³/mol. The summed E-state index contributed by atoms with van der Waals surface area (Å²) in [6.07, 6.45) is 2.10. The van der Waals surface area contributed by atoms with Crippen LogP contribution in [0.3, 0.4) is 0 Å². The van der Waals surface area contributed by atoms with E-state index in [1.54, 1.807) is 22.7 Å². The smallest absolute Gasteiger partial charge is 0.110 e. The molecule has 86 valence electrons. The summed E-state index contributed by atoms with van der Waals surface area (Å²) in [4.78, 5) is 5.79. The number of hydrogen-bond acceptors (Lipinski definition) is 4. The third kappa shape index (κ3) is 2.71. The van der Waals surface area contributed by atoms with E-state index in [2.05, 4.69) is 44.7 Å². The molecule has 2 aromatic heterocycles. The second-order valence-corrected chi connectivity index (χ2v) is 6.31. The van der Waals surface area contributed by atoms with Crippen LogP contribution in [0.2, 0.25) is 0 Å². The van der Waals surface area contributed by atoms with Crippen LogP contribution in [0, 0.1) is 0 Å². The Bertz CT molecular complexity index is 464. The molecule has 0 amide bonds. The summed E-state index contributed by atoms with van der Waals surface area (Å²) in [7, 11) is 0. The summed E-state index contributed by atoms with van der Waals surface area (Å²) in [5, 5.41) is 5.20. The van der Waals surface area contributed by atoms with E-state index in [4.69, 9.17) is 5.73 Å². The highest BCUT2D eigenvalue weighted by molar-refractivity contribution is 9.10. The number of halogens is 1. The van der Waals surface area contributed by atoms with Crippen molar-refractivity contribution in [3.05, 3.63) is 26.3 Å². The summed E-state index contributed by atoms with van der Waals surface area (Å²) in [5.41, 5.74) is 7.09. The van der Waals surface area contributed by atoms with Gasteiger partial charge in [-0.25, -0.2) is 4.98 Å². The molecule has 2 aromatic rings. The molecule has 16 heavy (non-hydrogen) atoms. The summed E-state index contributed by atoms with van der Waals surface area (Å²) in [6, 6.07) is 2.18. The van der Waals surface area contributed by atoms with Crippen molar-refractivity contribution in [3.8, 4) is 10.6 Å². The zero-order valence-electron chi connectivity index (χ0n) is 8.94. The Morgan fingerprint density at radius 1 is 1.44 bits per heavy atom. The van der Waals surface area contributed by atoms with Crippen LogP contribution >= 0.6 is 38.6 Å². The van der Waals surface area contributed by atoms with Crippen LogP contribution in [0.25, 0.3) is 10.6 Å². The van der Waals surface area contributed by atoms with Gasteiger partial charge in [0.25, 0.3) is 0 Å². The van der Waals surface area contributed by atoms with Crippen LogP contribution in [-0.4, -0.2) is 4.98 Å². The van der Waals surface area contributed by atoms with E-state index in [1.807, 2.05) is 0 Å². The molecule has 1 unspecified atom stereocenters. The normalized spacial score (nSPS) is 12.9. The predicted octanol–water partition coefficient (Wildman–Crippen LogP) is 4.43. The minimum Gasteiger partial charge on any atom is -0.322 e. The molecule has 2 N–H and O–H groups in total. The van der Waals surface area contributed by atoms with E-state index in [0.717, 1.165) is 28.0 Å². The van der Waals surface area contributed by atoms with Gasteiger partial charge in [-0.15, -0.1) is 22.7 Å². The van der Waals surface area contributed by atoms with Crippen molar-refractivity contribution >= 4 is 38.6 Å².